The maximum Gasteiger partial charge on any atom is 0.331 e. The third kappa shape index (κ3) is 2.92. The minimum Gasteiger partial charge on any atom is -0.478 e. The van der Waals surface area contributed by atoms with Crippen molar-refractivity contribution in [2.24, 2.45) is 0 Å². The van der Waals surface area contributed by atoms with Crippen molar-refractivity contribution < 1.29 is 19.2 Å². The number of nitro groups is 1. The van der Waals surface area contributed by atoms with Gasteiger partial charge in [0.25, 0.3) is 5.69 Å². The summed E-state index contributed by atoms with van der Waals surface area (Å²) in [7, 11) is 0. The molecule has 0 spiro atoms. The Balaban J connectivity index is 2.27. The second-order valence-corrected chi connectivity index (χ2v) is 4.14. The van der Waals surface area contributed by atoms with Crippen LogP contribution in [0.3, 0.4) is 0 Å². The van der Waals surface area contributed by atoms with Crippen molar-refractivity contribution in [2.75, 3.05) is 0 Å². The van der Waals surface area contributed by atoms with Crippen LogP contribution in [0, 0.1) is 10.1 Å². The van der Waals surface area contributed by atoms with Crippen LogP contribution in [0.25, 0.3) is 17.4 Å². The first kappa shape index (κ1) is 13.5. The fourth-order valence-electron chi connectivity index (χ4n) is 1.61. The molecule has 2 aromatic rings. The van der Waals surface area contributed by atoms with Crippen LogP contribution in [-0.4, -0.2) is 16.0 Å². The molecular weight excluding hydrogens is 262 g/mol. The molecule has 0 aliphatic heterocycles. The largest absolute Gasteiger partial charge is 0.478 e. The van der Waals surface area contributed by atoms with Crippen molar-refractivity contribution in [3.05, 3.63) is 57.8 Å². The van der Waals surface area contributed by atoms with Crippen molar-refractivity contribution in [1.82, 2.24) is 0 Å². The van der Waals surface area contributed by atoms with E-state index in [4.69, 9.17) is 9.52 Å². The average Bonchev–Trinajstić information content (AvgIpc) is 2.87. The molecule has 0 amide bonds. The SMILES string of the molecule is C/C(=C\c1ccc(-c2ccc([N+](=O)[O-])cc2)o1)C(=O)O. The number of non-ortho nitro benzene ring substituents is 1. The van der Waals surface area contributed by atoms with Crippen LogP contribution >= 0.6 is 0 Å². The van der Waals surface area contributed by atoms with Gasteiger partial charge in [-0.2, -0.15) is 0 Å². The molecule has 6 heteroatoms. The molecule has 1 heterocycles. The van der Waals surface area contributed by atoms with E-state index >= 15 is 0 Å². The fourth-order valence-corrected chi connectivity index (χ4v) is 1.61. The minimum absolute atomic E-state index is 0.00199. The molecule has 0 aliphatic carbocycles. The second kappa shape index (κ2) is 5.40. The Morgan fingerprint density at radius 2 is 1.90 bits per heavy atom. The van der Waals surface area contributed by atoms with E-state index in [1.54, 1.807) is 24.3 Å². The Labute approximate surface area is 114 Å². The minimum atomic E-state index is -1.02. The number of aliphatic carboxylic acids is 1. The van der Waals surface area contributed by atoms with Crippen LogP contribution in [0.1, 0.15) is 12.7 Å². The second-order valence-electron chi connectivity index (χ2n) is 4.14. The van der Waals surface area contributed by atoms with Crippen LogP contribution < -0.4 is 0 Å². The first-order chi connectivity index (χ1) is 9.47. The molecule has 0 fully saturated rings. The normalized spacial score (nSPS) is 11.3. The third-order valence-electron chi connectivity index (χ3n) is 2.69. The predicted molar refractivity (Wildman–Crippen MR) is 72.1 cm³/mol. The molecule has 0 radical (unpaired) electrons. The Bertz CT molecular complexity index is 682. The number of carboxylic acids is 1. The maximum absolute atomic E-state index is 10.7. The van der Waals surface area contributed by atoms with Crippen molar-refractivity contribution >= 4 is 17.7 Å². The van der Waals surface area contributed by atoms with Gasteiger partial charge in [0.2, 0.25) is 0 Å². The number of benzene rings is 1. The highest BCUT2D eigenvalue weighted by atomic mass is 16.6. The predicted octanol–water partition coefficient (Wildman–Crippen LogP) is 3.34. The summed E-state index contributed by atoms with van der Waals surface area (Å²) in [4.78, 5) is 20.8. The molecule has 1 N–H and O–H groups in total. The zero-order chi connectivity index (χ0) is 14.7. The molecule has 0 saturated carbocycles. The van der Waals surface area contributed by atoms with E-state index in [9.17, 15) is 14.9 Å². The van der Waals surface area contributed by atoms with Gasteiger partial charge in [0.1, 0.15) is 11.5 Å². The summed E-state index contributed by atoms with van der Waals surface area (Å²) < 4.78 is 5.48. The third-order valence-corrected chi connectivity index (χ3v) is 2.69. The van der Waals surface area contributed by atoms with Crippen molar-refractivity contribution in [3.63, 3.8) is 0 Å². The van der Waals surface area contributed by atoms with Gasteiger partial charge in [-0.25, -0.2) is 4.79 Å². The highest BCUT2D eigenvalue weighted by Crippen LogP contribution is 2.25. The van der Waals surface area contributed by atoms with E-state index in [2.05, 4.69) is 0 Å². The van der Waals surface area contributed by atoms with E-state index in [1.165, 1.54) is 25.1 Å². The Morgan fingerprint density at radius 1 is 1.25 bits per heavy atom. The van der Waals surface area contributed by atoms with Gasteiger partial charge < -0.3 is 9.52 Å². The van der Waals surface area contributed by atoms with E-state index in [0.29, 0.717) is 17.1 Å². The summed E-state index contributed by atoms with van der Waals surface area (Å²) >= 11 is 0. The monoisotopic (exact) mass is 273 g/mol. The summed E-state index contributed by atoms with van der Waals surface area (Å²) in [5, 5.41) is 19.3. The van der Waals surface area contributed by atoms with Gasteiger partial charge in [-0.15, -0.1) is 0 Å². The lowest BCUT2D eigenvalue weighted by atomic mass is 10.1. The molecule has 20 heavy (non-hydrogen) atoms. The van der Waals surface area contributed by atoms with E-state index in [0.717, 1.165) is 0 Å². The Morgan fingerprint density at radius 3 is 2.45 bits per heavy atom. The number of furan rings is 1. The molecule has 6 nitrogen and oxygen atoms in total. The quantitative estimate of drug-likeness (QED) is 0.523. The van der Waals surface area contributed by atoms with Crippen LogP contribution in [0.15, 0.2) is 46.4 Å². The summed E-state index contributed by atoms with van der Waals surface area (Å²) in [6, 6.07) is 9.25. The molecule has 2 rings (SSSR count). The zero-order valence-electron chi connectivity index (χ0n) is 10.6. The number of rotatable bonds is 4. The maximum atomic E-state index is 10.7. The first-order valence-electron chi connectivity index (χ1n) is 5.73. The van der Waals surface area contributed by atoms with Gasteiger partial charge in [0.05, 0.1) is 4.92 Å². The fraction of sp³-hybridized carbons (Fsp3) is 0.0714. The summed E-state index contributed by atoms with van der Waals surface area (Å²) in [6.45, 7) is 1.47. The zero-order valence-corrected chi connectivity index (χ0v) is 10.6. The van der Waals surface area contributed by atoms with E-state index < -0.39 is 10.9 Å². The smallest absolute Gasteiger partial charge is 0.331 e. The highest BCUT2D eigenvalue weighted by molar-refractivity contribution is 5.91. The van der Waals surface area contributed by atoms with E-state index in [-0.39, 0.29) is 11.3 Å². The van der Waals surface area contributed by atoms with Crippen molar-refractivity contribution in [2.45, 2.75) is 6.92 Å². The number of hydrogen-bond acceptors (Lipinski definition) is 4. The van der Waals surface area contributed by atoms with Crippen LogP contribution in [-0.2, 0) is 4.79 Å². The van der Waals surface area contributed by atoms with Gasteiger partial charge >= 0.3 is 5.97 Å². The van der Waals surface area contributed by atoms with E-state index in [1.807, 2.05) is 0 Å². The molecule has 102 valence electrons. The Kier molecular flexibility index (Phi) is 3.65. The summed E-state index contributed by atoms with van der Waals surface area (Å²) in [6.07, 6.45) is 1.41. The van der Waals surface area contributed by atoms with Gasteiger partial charge in [-0.3, -0.25) is 10.1 Å². The molecular formula is C14H11NO5. The molecule has 0 bridgehead atoms. The number of nitrogens with zero attached hydrogens (tertiary/aromatic N) is 1. The summed E-state index contributed by atoms with van der Waals surface area (Å²) in [5.41, 5.74) is 0.847. The van der Waals surface area contributed by atoms with Crippen LogP contribution in [0.5, 0.6) is 0 Å². The van der Waals surface area contributed by atoms with Crippen LogP contribution in [0.2, 0.25) is 0 Å². The lowest BCUT2D eigenvalue weighted by Crippen LogP contribution is -1.94. The lowest BCUT2D eigenvalue weighted by molar-refractivity contribution is -0.384. The lowest BCUT2D eigenvalue weighted by Gasteiger charge is -1.96. The van der Waals surface area contributed by atoms with Crippen molar-refractivity contribution in [3.8, 4) is 11.3 Å². The van der Waals surface area contributed by atoms with Gasteiger partial charge in [0, 0.05) is 23.3 Å². The number of carbonyl (C=O) groups is 1. The first-order valence-corrected chi connectivity index (χ1v) is 5.73. The van der Waals surface area contributed by atoms with Crippen LogP contribution in [0.4, 0.5) is 5.69 Å². The number of nitro benzene ring substituents is 1. The molecule has 1 aromatic heterocycles. The Hall–Kier alpha value is -2.89. The average molecular weight is 273 g/mol. The number of carboxylic acid groups (broad SMARTS) is 1. The standard InChI is InChI=1S/C14H11NO5/c1-9(14(16)17)8-12-6-7-13(20-12)10-2-4-11(5-3-10)15(18)19/h2-8H,1H3,(H,16,17)/b9-8+. The molecule has 0 saturated heterocycles. The van der Waals surface area contributed by atoms with Crippen molar-refractivity contribution in [1.29, 1.82) is 0 Å². The summed E-state index contributed by atoms with van der Waals surface area (Å²) in [5.74, 6) is -0.0825. The van der Waals surface area contributed by atoms with Gasteiger partial charge in [0.15, 0.2) is 0 Å². The molecule has 0 atom stereocenters. The highest BCUT2D eigenvalue weighted by Gasteiger charge is 2.08. The van der Waals surface area contributed by atoms with Gasteiger partial charge in [-0.05, 0) is 37.3 Å². The number of hydrogen-bond donors (Lipinski definition) is 1. The molecule has 0 aliphatic rings. The van der Waals surface area contributed by atoms with Gasteiger partial charge in [-0.1, -0.05) is 0 Å². The molecule has 1 aromatic carbocycles. The molecule has 0 unspecified atom stereocenters. The topological polar surface area (TPSA) is 93.6 Å².